The SMILES string of the molecule is CO/N=C1/CN(C)CC1C. The standard InChI is InChI=1S/C7H14N2O/c1-6-4-9(2)5-7(6)8-10-3/h6H,4-5H2,1-3H3/b8-7-. The van der Waals surface area contributed by atoms with E-state index in [2.05, 4.69) is 24.0 Å². The highest BCUT2D eigenvalue weighted by Gasteiger charge is 2.22. The van der Waals surface area contributed by atoms with E-state index < -0.39 is 0 Å². The number of rotatable bonds is 1. The molecule has 1 aliphatic rings. The molecule has 1 atom stereocenters. The van der Waals surface area contributed by atoms with Crippen LogP contribution in [0.1, 0.15) is 6.92 Å². The van der Waals surface area contributed by atoms with Crippen molar-refractivity contribution >= 4 is 5.71 Å². The van der Waals surface area contributed by atoms with Crippen LogP contribution in [0.5, 0.6) is 0 Å². The van der Waals surface area contributed by atoms with Crippen LogP contribution in [0.4, 0.5) is 0 Å². The zero-order chi connectivity index (χ0) is 7.56. The summed E-state index contributed by atoms with van der Waals surface area (Å²) >= 11 is 0. The number of hydrogen-bond donors (Lipinski definition) is 0. The molecule has 0 saturated carbocycles. The van der Waals surface area contributed by atoms with Gasteiger partial charge in [0, 0.05) is 19.0 Å². The summed E-state index contributed by atoms with van der Waals surface area (Å²) in [4.78, 5) is 6.94. The van der Waals surface area contributed by atoms with Crippen molar-refractivity contribution in [3.05, 3.63) is 0 Å². The van der Waals surface area contributed by atoms with Gasteiger partial charge in [-0.1, -0.05) is 12.1 Å². The Morgan fingerprint density at radius 2 is 2.40 bits per heavy atom. The fraction of sp³-hybridized carbons (Fsp3) is 0.857. The van der Waals surface area contributed by atoms with Crippen LogP contribution in [0.3, 0.4) is 0 Å². The lowest BCUT2D eigenvalue weighted by Gasteiger charge is -2.02. The van der Waals surface area contributed by atoms with Gasteiger partial charge in [-0.05, 0) is 7.05 Å². The second-order valence-corrected chi connectivity index (χ2v) is 2.86. The van der Waals surface area contributed by atoms with Crippen molar-refractivity contribution in [3.8, 4) is 0 Å². The van der Waals surface area contributed by atoms with Gasteiger partial charge in [0.05, 0.1) is 5.71 Å². The number of hydrogen-bond acceptors (Lipinski definition) is 3. The molecule has 0 spiro atoms. The Labute approximate surface area is 61.6 Å². The Morgan fingerprint density at radius 1 is 1.70 bits per heavy atom. The Morgan fingerprint density at radius 3 is 2.80 bits per heavy atom. The molecule has 0 aromatic heterocycles. The maximum atomic E-state index is 4.71. The predicted molar refractivity (Wildman–Crippen MR) is 41.1 cm³/mol. The van der Waals surface area contributed by atoms with Crippen LogP contribution >= 0.6 is 0 Å². The average molecular weight is 142 g/mol. The van der Waals surface area contributed by atoms with Crippen molar-refractivity contribution in [2.45, 2.75) is 6.92 Å². The summed E-state index contributed by atoms with van der Waals surface area (Å²) < 4.78 is 0. The largest absolute Gasteiger partial charge is 0.399 e. The highest BCUT2D eigenvalue weighted by atomic mass is 16.6. The van der Waals surface area contributed by atoms with Gasteiger partial charge < -0.3 is 9.74 Å². The lowest BCUT2D eigenvalue weighted by molar-refractivity contribution is 0.211. The molecule has 3 heteroatoms. The molecule has 0 aliphatic carbocycles. The zero-order valence-corrected chi connectivity index (χ0v) is 6.79. The Hall–Kier alpha value is -0.570. The minimum atomic E-state index is 0.560. The first-order valence-electron chi connectivity index (χ1n) is 3.52. The van der Waals surface area contributed by atoms with E-state index in [9.17, 15) is 0 Å². The first kappa shape index (κ1) is 7.54. The van der Waals surface area contributed by atoms with E-state index in [-0.39, 0.29) is 0 Å². The highest BCUT2D eigenvalue weighted by Crippen LogP contribution is 2.10. The van der Waals surface area contributed by atoms with E-state index >= 15 is 0 Å². The van der Waals surface area contributed by atoms with E-state index in [4.69, 9.17) is 4.84 Å². The Bertz CT molecular complexity index is 145. The monoisotopic (exact) mass is 142 g/mol. The van der Waals surface area contributed by atoms with Gasteiger partial charge in [-0.2, -0.15) is 0 Å². The normalized spacial score (nSPS) is 31.5. The summed E-state index contributed by atoms with van der Waals surface area (Å²) in [6.45, 7) is 4.22. The molecular weight excluding hydrogens is 128 g/mol. The molecule has 1 heterocycles. The first-order chi connectivity index (χ1) is 4.74. The molecule has 58 valence electrons. The van der Waals surface area contributed by atoms with Gasteiger partial charge in [0.2, 0.25) is 0 Å². The van der Waals surface area contributed by atoms with Gasteiger partial charge in [0.1, 0.15) is 7.11 Å². The highest BCUT2D eigenvalue weighted by molar-refractivity contribution is 5.89. The van der Waals surface area contributed by atoms with Crippen LogP contribution in [0.2, 0.25) is 0 Å². The maximum absolute atomic E-state index is 4.71. The van der Waals surface area contributed by atoms with E-state index in [1.807, 2.05) is 0 Å². The summed E-state index contributed by atoms with van der Waals surface area (Å²) in [7, 11) is 3.69. The number of likely N-dealkylation sites (tertiary alicyclic amines) is 1. The third-order valence-corrected chi connectivity index (χ3v) is 1.79. The fourth-order valence-electron chi connectivity index (χ4n) is 1.31. The van der Waals surface area contributed by atoms with Crippen LogP contribution in [-0.2, 0) is 4.84 Å². The van der Waals surface area contributed by atoms with Gasteiger partial charge in [0.15, 0.2) is 0 Å². The van der Waals surface area contributed by atoms with Crippen LogP contribution in [0.15, 0.2) is 5.16 Å². The molecule has 1 fully saturated rings. The molecule has 3 nitrogen and oxygen atoms in total. The van der Waals surface area contributed by atoms with Gasteiger partial charge in [-0.25, -0.2) is 0 Å². The van der Waals surface area contributed by atoms with Crippen molar-refractivity contribution < 1.29 is 4.84 Å². The lowest BCUT2D eigenvalue weighted by Crippen LogP contribution is -2.13. The smallest absolute Gasteiger partial charge is 0.106 e. The third-order valence-electron chi connectivity index (χ3n) is 1.79. The minimum absolute atomic E-state index is 0.560. The lowest BCUT2D eigenvalue weighted by atomic mass is 10.1. The predicted octanol–water partition coefficient (Wildman–Crippen LogP) is 0.570. The molecule has 0 aromatic carbocycles. The topological polar surface area (TPSA) is 24.8 Å². The van der Waals surface area contributed by atoms with Crippen LogP contribution in [0.25, 0.3) is 0 Å². The van der Waals surface area contributed by atoms with E-state index in [0.717, 1.165) is 18.8 Å². The summed E-state index contributed by atoms with van der Waals surface area (Å²) in [5.41, 5.74) is 1.16. The minimum Gasteiger partial charge on any atom is -0.399 e. The summed E-state index contributed by atoms with van der Waals surface area (Å²) in [5.74, 6) is 0.560. The number of oxime groups is 1. The second-order valence-electron chi connectivity index (χ2n) is 2.86. The van der Waals surface area contributed by atoms with Crippen molar-refractivity contribution in [2.24, 2.45) is 11.1 Å². The summed E-state index contributed by atoms with van der Waals surface area (Å²) in [6, 6.07) is 0. The Kier molecular flexibility index (Phi) is 2.27. The molecule has 0 bridgehead atoms. The van der Waals surface area contributed by atoms with Gasteiger partial charge in [-0.3, -0.25) is 0 Å². The Balaban J connectivity index is 2.54. The molecule has 1 saturated heterocycles. The van der Waals surface area contributed by atoms with Crippen molar-refractivity contribution in [1.82, 2.24) is 4.90 Å². The second kappa shape index (κ2) is 3.01. The van der Waals surface area contributed by atoms with E-state index in [1.54, 1.807) is 7.11 Å². The quantitative estimate of drug-likeness (QED) is 0.500. The third kappa shape index (κ3) is 1.48. The van der Waals surface area contributed by atoms with Crippen LogP contribution in [0, 0.1) is 5.92 Å². The average Bonchev–Trinajstić information content (AvgIpc) is 2.13. The molecule has 0 N–H and O–H groups in total. The molecular formula is C7H14N2O. The van der Waals surface area contributed by atoms with Crippen molar-refractivity contribution in [2.75, 3.05) is 27.2 Å². The maximum Gasteiger partial charge on any atom is 0.106 e. The van der Waals surface area contributed by atoms with Crippen molar-refractivity contribution in [1.29, 1.82) is 0 Å². The van der Waals surface area contributed by atoms with Gasteiger partial charge >= 0.3 is 0 Å². The molecule has 0 amide bonds. The summed E-state index contributed by atoms with van der Waals surface area (Å²) in [6.07, 6.45) is 0. The van der Waals surface area contributed by atoms with Gasteiger partial charge in [0.25, 0.3) is 0 Å². The first-order valence-corrected chi connectivity index (χ1v) is 3.52. The molecule has 0 aromatic rings. The zero-order valence-electron chi connectivity index (χ0n) is 6.79. The van der Waals surface area contributed by atoms with Crippen molar-refractivity contribution in [3.63, 3.8) is 0 Å². The summed E-state index contributed by atoms with van der Waals surface area (Å²) in [5, 5.41) is 3.93. The molecule has 1 rings (SSSR count). The number of nitrogens with zero attached hydrogens (tertiary/aromatic N) is 2. The van der Waals surface area contributed by atoms with Crippen LogP contribution in [-0.4, -0.2) is 37.9 Å². The molecule has 1 unspecified atom stereocenters. The van der Waals surface area contributed by atoms with Gasteiger partial charge in [-0.15, -0.1) is 0 Å². The fourth-order valence-corrected chi connectivity index (χ4v) is 1.31. The van der Waals surface area contributed by atoms with Crippen LogP contribution < -0.4 is 0 Å². The molecule has 0 radical (unpaired) electrons. The molecule has 10 heavy (non-hydrogen) atoms. The molecule has 1 aliphatic heterocycles. The van der Waals surface area contributed by atoms with E-state index in [1.165, 1.54) is 0 Å². The van der Waals surface area contributed by atoms with E-state index in [0.29, 0.717) is 5.92 Å².